The van der Waals surface area contributed by atoms with Crippen LogP contribution in [0.1, 0.15) is 15.9 Å². The molecule has 0 N–H and O–H groups in total. The number of piperazine rings is 1. The summed E-state index contributed by atoms with van der Waals surface area (Å²) in [6.45, 7) is 4.19. The Morgan fingerprint density at radius 1 is 0.897 bits per heavy atom. The minimum Gasteiger partial charge on any atom is -0.343 e. The van der Waals surface area contributed by atoms with E-state index in [-0.39, 0.29) is 5.91 Å². The monoisotopic (exact) mass is 386 g/mol. The first-order valence-corrected chi connectivity index (χ1v) is 10.00. The molecular formula is C24H26N4O. The fourth-order valence-electron chi connectivity index (χ4n) is 3.66. The van der Waals surface area contributed by atoms with Crippen LogP contribution in [0.2, 0.25) is 0 Å². The minimum atomic E-state index is 0.0557. The van der Waals surface area contributed by atoms with Crippen LogP contribution in [0.25, 0.3) is 0 Å². The lowest BCUT2D eigenvalue weighted by Crippen LogP contribution is -2.48. The molecule has 0 unspecified atom stereocenters. The number of anilines is 2. The van der Waals surface area contributed by atoms with Crippen molar-refractivity contribution in [1.29, 1.82) is 0 Å². The molecule has 2 heterocycles. The number of hydrogen-bond donors (Lipinski definition) is 0. The fraction of sp³-hybridized carbons (Fsp3) is 0.250. The molecule has 1 aromatic heterocycles. The summed E-state index contributed by atoms with van der Waals surface area (Å²) in [7, 11) is 1.99. The Labute approximate surface area is 172 Å². The summed E-state index contributed by atoms with van der Waals surface area (Å²) >= 11 is 0. The highest BCUT2D eigenvalue weighted by Gasteiger charge is 2.23. The fourth-order valence-corrected chi connectivity index (χ4v) is 3.66. The molecular weight excluding hydrogens is 360 g/mol. The van der Waals surface area contributed by atoms with Crippen molar-refractivity contribution in [2.75, 3.05) is 38.1 Å². The van der Waals surface area contributed by atoms with Crippen molar-refractivity contribution in [2.24, 2.45) is 0 Å². The van der Waals surface area contributed by atoms with Crippen LogP contribution in [0.15, 0.2) is 79.1 Å². The molecule has 5 heteroatoms. The average Bonchev–Trinajstić information content (AvgIpc) is 2.80. The molecule has 3 aromatic rings. The standard InChI is InChI=1S/C24H26N4O/c1-26(22-10-6-3-7-11-22)23-16-21(17-25-18-23)24(29)28-14-12-27(13-15-28)19-20-8-4-2-5-9-20/h2-11,16-18H,12-15,19H2,1H3. The first-order valence-electron chi connectivity index (χ1n) is 10.00. The second-order valence-electron chi connectivity index (χ2n) is 7.38. The van der Waals surface area contributed by atoms with Crippen molar-refractivity contribution in [2.45, 2.75) is 6.54 Å². The molecule has 4 rings (SSSR count). The van der Waals surface area contributed by atoms with Crippen LogP contribution < -0.4 is 4.90 Å². The highest BCUT2D eigenvalue weighted by Crippen LogP contribution is 2.23. The Morgan fingerprint density at radius 3 is 2.24 bits per heavy atom. The van der Waals surface area contributed by atoms with Gasteiger partial charge in [-0.1, -0.05) is 48.5 Å². The van der Waals surface area contributed by atoms with Crippen LogP contribution in [0, 0.1) is 0 Å². The maximum Gasteiger partial charge on any atom is 0.255 e. The van der Waals surface area contributed by atoms with Crippen molar-refractivity contribution in [1.82, 2.24) is 14.8 Å². The third-order valence-corrected chi connectivity index (χ3v) is 5.41. The van der Waals surface area contributed by atoms with Gasteiger partial charge in [0, 0.05) is 51.7 Å². The zero-order chi connectivity index (χ0) is 20.1. The summed E-state index contributed by atoms with van der Waals surface area (Å²) in [6, 6.07) is 22.5. The van der Waals surface area contributed by atoms with Gasteiger partial charge in [0.05, 0.1) is 17.4 Å². The quantitative estimate of drug-likeness (QED) is 0.669. The lowest BCUT2D eigenvalue weighted by Gasteiger charge is -2.34. The van der Waals surface area contributed by atoms with Crippen LogP contribution in [0.5, 0.6) is 0 Å². The van der Waals surface area contributed by atoms with E-state index in [1.165, 1.54) is 5.56 Å². The van der Waals surface area contributed by atoms with Crippen molar-refractivity contribution in [3.8, 4) is 0 Å². The minimum absolute atomic E-state index is 0.0557. The van der Waals surface area contributed by atoms with Crippen molar-refractivity contribution < 1.29 is 4.79 Å². The lowest BCUT2D eigenvalue weighted by molar-refractivity contribution is 0.0628. The van der Waals surface area contributed by atoms with Crippen LogP contribution in [-0.2, 0) is 6.54 Å². The van der Waals surface area contributed by atoms with Gasteiger partial charge >= 0.3 is 0 Å². The normalized spacial score (nSPS) is 14.6. The number of benzene rings is 2. The van der Waals surface area contributed by atoms with Gasteiger partial charge in [-0.05, 0) is 23.8 Å². The lowest BCUT2D eigenvalue weighted by atomic mass is 10.1. The summed E-state index contributed by atoms with van der Waals surface area (Å²) in [5.74, 6) is 0.0557. The Hall–Kier alpha value is -3.18. The molecule has 1 aliphatic heterocycles. The molecule has 1 amide bonds. The summed E-state index contributed by atoms with van der Waals surface area (Å²) in [5, 5.41) is 0. The second kappa shape index (κ2) is 8.88. The van der Waals surface area contributed by atoms with Gasteiger partial charge in [-0.25, -0.2) is 0 Å². The molecule has 0 radical (unpaired) electrons. The van der Waals surface area contributed by atoms with Gasteiger partial charge in [0.15, 0.2) is 0 Å². The van der Waals surface area contributed by atoms with Gasteiger partial charge in [0.2, 0.25) is 0 Å². The predicted molar refractivity (Wildman–Crippen MR) is 116 cm³/mol. The van der Waals surface area contributed by atoms with Gasteiger partial charge in [0.1, 0.15) is 0 Å². The van der Waals surface area contributed by atoms with E-state index in [1.54, 1.807) is 12.4 Å². The molecule has 1 fully saturated rings. The van der Waals surface area contributed by atoms with Crippen LogP contribution in [0.4, 0.5) is 11.4 Å². The average molecular weight is 386 g/mol. The molecule has 1 saturated heterocycles. The molecule has 0 saturated carbocycles. The Balaban J connectivity index is 1.39. The zero-order valence-electron chi connectivity index (χ0n) is 16.7. The van der Waals surface area contributed by atoms with Gasteiger partial charge in [-0.3, -0.25) is 14.7 Å². The summed E-state index contributed by atoms with van der Waals surface area (Å²) in [4.78, 5) is 23.7. The van der Waals surface area contributed by atoms with Crippen molar-refractivity contribution in [3.05, 3.63) is 90.3 Å². The molecule has 1 aliphatic rings. The highest BCUT2D eigenvalue weighted by atomic mass is 16.2. The molecule has 0 bridgehead atoms. The number of amides is 1. The van der Waals surface area contributed by atoms with E-state index in [1.807, 2.05) is 59.3 Å². The SMILES string of the molecule is CN(c1ccccc1)c1cncc(C(=O)N2CCN(Cc3ccccc3)CC2)c1. The van der Waals surface area contributed by atoms with Gasteiger partial charge in [-0.15, -0.1) is 0 Å². The number of pyridine rings is 1. The first kappa shape index (κ1) is 19.2. The molecule has 29 heavy (non-hydrogen) atoms. The Bertz CT molecular complexity index is 937. The van der Waals surface area contributed by atoms with Gasteiger partial charge in [-0.2, -0.15) is 0 Å². The van der Waals surface area contributed by atoms with Crippen LogP contribution >= 0.6 is 0 Å². The van der Waals surface area contributed by atoms with E-state index in [0.717, 1.165) is 44.1 Å². The van der Waals surface area contributed by atoms with E-state index in [9.17, 15) is 4.79 Å². The number of rotatable bonds is 5. The summed E-state index contributed by atoms with van der Waals surface area (Å²) < 4.78 is 0. The molecule has 0 spiro atoms. The number of nitrogens with zero attached hydrogens (tertiary/aromatic N) is 4. The summed E-state index contributed by atoms with van der Waals surface area (Å²) in [6.07, 6.45) is 3.46. The van der Waals surface area contributed by atoms with E-state index in [2.05, 4.69) is 34.1 Å². The maximum absolute atomic E-state index is 13.0. The largest absolute Gasteiger partial charge is 0.343 e. The van der Waals surface area contributed by atoms with Gasteiger partial charge < -0.3 is 9.80 Å². The second-order valence-corrected chi connectivity index (χ2v) is 7.38. The van der Waals surface area contributed by atoms with E-state index in [0.29, 0.717) is 5.56 Å². The predicted octanol–water partition coefficient (Wildman–Crippen LogP) is 3.81. The number of hydrogen-bond acceptors (Lipinski definition) is 4. The molecule has 2 aromatic carbocycles. The van der Waals surface area contributed by atoms with Crippen molar-refractivity contribution in [3.63, 3.8) is 0 Å². The first-order chi connectivity index (χ1) is 14.2. The number of para-hydroxylation sites is 1. The van der Waals surface area contributed by atoms with E-state index in [4.69, 9.17) is 0 Å². The molecule has 148 valence electrons. The van der Waals surface area contributed by atoms with Crippen LogP contribution in [-0.4, -0.2) is 53.9 Å². The number of carbonyl (C=O) groups excluding carboxylic acids is 1. The number of aromatic nitrogens is 1. The molecule has 5 nitrogen and oxygen atoms in total. The van der Waals surface area contributed by atoms with E-state index < -0.39 is 0 Å². The summed E-state index contributed by atoms with van der Waals surface area (Å²) in [5.41, 5.74) is 3.92. The third-order valence-electron chi connectivity index (χ3n) is 5.41. The zero-order valence-corrected chi connectivity index (χ0v) is 16.7. The Morgan fingerprint density at radius 2 is 1.55 bits per heavy atom. The molecule has 0 aliphatic carbocycles. The van der Waals surface area contributed by atoms with Crippen molar-refractivity contribution >= 4 is 17.3 Å². The smallest absolute Gasteiger partial charge is 0.255 e. The van der Waals surface area contributed by atoms with E-state index >= 15 is 0 Å². The molecule has 0 atom stereocenters. The maximum atomic E-state index is 13.0. The highest BCUT2D eigenvalue weighted by molar-refractivity contribution is 5.95. The van der Waals surface area contributed by atoms with Crippen LogP contribution in [0.3, 0.4) is 0 Å². The van der Waals surface area contributed by atoms with Gasteiger partial charge in [0.25, 0.3) is 5.91 Å². The topological polar surface area (TPSA) is 39.7 Å². The number of carbonyl (C=O) groups is 1. The third kappa shape index (κ3) is 4.63. The Kier molecular flexibility index (Phi) is 5.86.